The number of carbonyl (C=O) groups excluding carboxylic acids is 1. The van der Waals surface area contributed by atoms with E-state index in [0.29, 0.717) is 30.0 Å². The van der Waals surface area contributed by atoms with Crippen molar-refractivity contribution < 1.29 is 9.53 Å². The Morgan fingerprint density at radius 2 is 2.17 bits per heavy atom. The summed E-state index contributed by atoms with van der Waals surface area (Å²) in [7, 11) is 0. The number of allylic oxidation sites excluding steroid dienone is 1. The van der Waals surface area contributed by atoms with E-state index in [4.69, 9.17) is 27.5 Å². The molecule has 2 aliphatic rings. The van der Waals surface area contributed by atoms with Crippen LogP contribution in [-0.2, 0) is 9.53 Å². The number of carbonyl (C=O) groups is 1. The molecule has 1 aromatic rings. The van der Waals surface area contributed by atoms with E-state index in [1.54, 1.807) is 12.1 Å². The third kappa shape index (κ3) is 3.17. The molecule has 0 aliphatic carbocycles. The highest BCUT2D eigenvalue weighted by Gasteiger charge is 2.49. The lowest BCUT2D eigenvalue weighted by Gasteiger charge is -2.53. The maximum atomic E-state index is 12.1. The van der Waals surface area contributed by atoms with Crippen LogP contribution in [0.3, 0.4) is 0 Å². The number of benzene rings is 1. The fourth-order valence-corrected chi connectivity index (χ4v) is 3.02. The summed E-state index contributed by atoms with van der Waals surface area (Å²) < 4.78 is 5.74. The third-order valence-corrected chi connectivity index (χ3v) is 4.78. The molecule has 2 saturated heterocycles. The zero-order chi connectivity index (χ0) is 17.3. The number of ether oxygens (including phenoxy) is 1. The first-order valence-electron chi connectivity index (χ1n) is 8.04. The summed E-state index contributed by atoms with van der Waals surface area (Å²) in [6, 6.07) is 7.83. The fraction of sp³-hybridized carbons (Fsp3) is 0.412. The predicted octanol–water partition coefficient (Wildman–Crippen LogP) is 2.27. The van der Waals surface area contributed by atoms with E-state index < -0.39 is 5.91 Å². The first-order valence-corrected chi connectivity index (χ1v) is 8.42. The molecule has 0 radical (unpaired) electrons. The van der Waals surface area contributed by atoms with Crippen LogP contribution in [0.5, 0.6) is 0 Å². The largest absolute Gasteiger partial charge is 0.401 e. The van der Waals surface area contributed by atoms with Crippen LogP contribution in [0, 0.1) is 5.41 Å². The summed E-state index contributed by atoms with van der Waals surface area (Å²) in [5.41, 5.74) is 7.48. The Morgan fingerprint density at radius 3 is 2.67 bits per heavy atom. The highest BCUT2D eigenvalue weighted by molar-refractivity contribution is 6.60. The molecule has 7 heteroatoms. The number of rotatable bonds is 6. The summed E-state index contributed by atoms with van der Waals surface area (Å²) in [5, 5.41) is 13.9. The number of nitrogens with two attached hydrogens (primary N) is 1. The van der Waals surface area contributed by atoms with Crippen LogP contribution >= 0.6 is 11.6 Å². The molecule has 3 atom stereocenters. The number of halogens is 1. The lowest BCUT2D eigenvalue weighted by molar-refractivity contribution is -0.203. The summed E-state index contributed by atoms with van der Waals surface area (Å²) >= 11 is 6.00. The number of nitrogens with one attached hydrogen (secondary N) is 3. The average molecular weight is 349 g/mol. The van der Waals surface area contributed by atoms with E-state index in [1.165, 1.54) is 0 Å². The second kappa shape index (κ2) is 6.93. The van der Waals surface area contributed by atoms with Crippen molar-refractivity contribution >= 4 is 28.9 Å². The first-order chi connectivity index (χ1) is 11.5. The lowest BCUT2D eigenvalue weighted by atomic mass is 9.86. The van der Waals surface area contributed by atoms with Crippen molar-refractivity contribution in [1.29, 1.82) is 5.41 Å². The van der Waals surface area contributed by atoms with Crippen LogP contribution in [0.4, 0.5) is 5.69 Å². The predicted molar refractivity (Wildman–Crippen MR) is 94.2 cm³/mol. The van der Waals surface area contributed by atoms with Gasteiger partial charge in [-0.15, -0.1) is 0 Å². The molecule has 1 aromatic carbocycles. The van der Waals surface area contributed by atoms with E-state index in [1.807, 2.05) is 19.1 Å². The van der Waals surface area contributed by atoms with Crippen LogP contribution < -0.4 is 16.4 Å². The number of fused-ring (bicyclic) bond motifs is 1. The number of hydrogen-bond acceptors (Lipinski definition) is 5. The number of morpholine rings is 1. The zero-order valence-corrected chi connectivity index (χ0v) is 14.2. The van der Waals surface area contributed by atoms with Gasteiger partial charge in [0.05, 0.1) is 17.2 Å². The van der Waals surface area contributed by atoms with Crippen molar-refractivity contribution in [1.82, 2.24) is 5.32 Å². The molecule has 6 nitrogen and oxygen atoms in total. The molecule has 2 fully saturated rings. The van der Waals surface area contributed by atoms with Gasteiger partial charge in [0.1, 0.15) is 11.8 Å². The summed E-state index contributed by atoms with van der Waals surface area (Å²) in [6.07, 6.45) is 1.79. The van der Waals surface area contributed by atoms with Gasteiger partial charge in [0.2, 0.25) is 0 Å². The maximum Gasteiger partial charge on any atom is 0.275 e. The maximum absolute atomic E-state index is 12.1. The van der Waals surface area contributed by atoms with Gasteiger partial charge in [0.25, 0.3) is 5.91 Å². The van der Waals surface area contributed by atoms with E-state index in [0.717, 1.165) is 18.5 Å². The molecular weight excluding hydrogens is 328 g/mol. The first kappa shape index (κ1) is 17.0. The van der Waals surface area contributed by atoms with Gasteiger partial charge in [-0.1, -0.05) is 37.1 Å². The van der Waals surface area contributed by atoms with E-state index in [2.05, 4.69) is 10.6 Å². The SMILES string of the molecule is CCCC(N)=C(Cl)C(=N)C(=O)Nc1ccc([C@@H]2OC3CN[C@H]32)cc1. The second-order valence-electron chi connectivity index (χ2n) is 6.07. The Balaban J connectivity index is 1.60. The lowest BCUT2D eigenvalue weighted by Crippen LogP contribution is -2.69. The van der Waals surface area contributed by atoms with Crippen molar-refractivity contribution in [3.8, 4) is 0 Å². The molecule has 24 heavy (non-hydrogen) atoms. The van der Waals surface area contributed by atoms with Crippen molar-refractivity contribution in [2.75, 3.05) is 11.9 Å². The standard InChI is InChI=1S/C17H21ClN4O2/c1-2-3-11(19)13(18)14(20)17(23)22-10-6-4-9(5-7-10)16-15-12(24-16)8-21-15/h4-7,12,15-16,20-21H,2-3,8,19H2,1H3,(H,22,23)/t12?,15-,16+/m1/s1. The minimum atomic E-state index is -0.576. The molecule has 2 aliphatic heterocycles. The van der Waals surface area contributed by atoms with E-state index in [9.17, 15) is 4.79 Å². The van der Waals surface area contributed by atoms with Gasteiger partial charge in [-0.3, -0.25) is 10.2 Å². The Kier molecular flexibility index (Phi) is 4.89. The van der Waals surface area contributed by atoms with Gasteiger partial charge in [-0.25, -0.2) is 0 Å². The molecule has 0 saturated carbocycles. The third-order valence-electron chi connectivity index (χ3n) is 4.35. The monoisotopic (exact) mass is 348 g/mol. The second-order valence-corrected chi connectivity index (χ2v) is 6.45. The zero-order valence-electron chi connectivity index (χ0n) is 13.4. The highest BCUT2D eigenvalue weighted by Crippen LogP contribution is 2.39. The Hall–Kier alpha value is -1.89. The number of anilines is 1. The molecule has 0 bridgehead atoms. The van der Waals surface area contributed by atoms with Crippen LogP contribution in [-0.4, -0.2) is 30.3 Å². The Bertz CT molecular complexity index is 686. The van der Waals surface area contributed by atoms with Crippen LogP contribution in [0.15, 0.2) is 35.0 Å². The van der Waals surface area contributed by atoms with Gasteiger partial charge in [-0.2, -0.15) is 0 Å². The van der Waals surface area contributed by atoms with Crippen LogP contribution in [0.25, 0.3) is 0 Å². The highest BCUT2D eigenvalue weighted by atomic mass is 35.5. The smallest absolute Gasteiger partial charge is 0.275 e. The van der Waals surface area contributed by atoms with Crippen molar-refractivity contribution in [2.45, 2.75) is 38.0 Å². The summed E-state index contributed by atoms with van der Waals surface area (Å²) in [4.78, 5) is 12.1. The van der Waals surface area contributed by atoms with Gasteiger partial charge in [0, 0.05) is 17.9 Å². The molecular formula is C17H21ClN4O2. The Labute approximate surface area is 145 Å². The normalized spacial score (nSPS) is 25.7. The van der Waals surface area contributed by atoms with Crippen LogP contribution in [0.1, 0.15) is 31.4 Å². The molecule has 2 heterocycles. The van der Waals surface area contributed by atoms with E-state index in [-0.39, 0.29) is 16.8 Å². The summed E-state index contributed by atoms with van der Waals surface area (Å²) in [5.74, 6) is -0.576. The van der Waals surface area contributed by atoms with Gasteiger partial charge in [-0.05, 0) is 24.1 Å². The fourth-order valence-electron chi connectivity index (χ4n) is 2.84. The minimum Gasteiger partial charge on any atom is -0.401 e. The van der Waals surface area contributed by atoms with Gasteiger partial charge >= 0.3 is 0 Å². The molecule has 0 spiro atoms. The van der Waals surface area contributed by atoms with Gasteiger partial charge < -0.3 is 21.1 Å². The molecule has 1 unspecified atom stereocenters. The van der Waals surface area contributed by atoms with Crippen LogP contribution in [0.2, 0.25) is 0 Å². The van der Waals surface area contributed by atoms with Crippen molar-refractivity contribution in [3.05, 3.63) is 40.6 Å². The summed E-state index contributed by atoms with van der Waals surface area (Å²) in [6.45, 7) is 2.88. The minimum absolute atomic E-state index is 0.0101. The average Bonchev–Trinajstić information content (AvgIpc) is 2.57. The topological polar surface area (TPSA) is 100 Å². The van der Waals surface area contributed by atoms with Crippen molar-refractivity contribution in [3.63, 3.8) is 0 Å². The number of amides is 1. The quantitative estimate of drug-likeness (QED) is 0.592. The Morgan fingerprint density at radius 1 is 1.46 bits per heavy atom. The molecule has 0 aromatic heterocycles. The molecule has 128 valence electrons. The van der Waals surface area contributed by atoms with Gasteiger partial charge in [0.15, 0.2) is 0 Å². The van der Waals surface area contributed by atoms with E-state index >= 15 is 0 Å². The molecule has 3 rings (SSSR count). The molecule has 5 N–H and O–H groups in total. The van der Waals surface area contributed by atoms with Crippen molar-refractivity contribution in [2.24, 2.45) is 5.73 Å². The number of hydrogen-bond donors (Lipinski definition) is 4. The molecule has 1 amide bonds.